The van der Waals surface area contributed by atoms with E-state index in [0.717, 1.165) is 15.7 Å². The molecule has 1 unspecified atom stereocenters. The van der Waals surface area contributed by atoms with Gasteiger partial charge in [-0.2, -0.15) is 0 Å². The molecule has 7 nitrogen and oxygen atoms in total. The third kappa shape index (κ3) is 4.49. The Kier molecular flexibility index (Phi) is 5.98. The number of benzene rings is 3. The average molecular weight is 551 g/mol. The van der Waals surface area contributed by atoms with E-state index in [9.17, 15) is 13.2 Å². The standard InChI is InChI=1S/C26H23BrN4O3S/c1-18-7-5-6-10-23(18)35(33,34)30-25(32)29-26(17-22(26)19-8-3-2-4-9-19)24-28-15-16-31(24)21-13-11-20(27)12-14-21/h2-16,22H,17H2,1H3,(H2,29,30,32)/t22?,26-/m1/s1. The summed E-state index contributed by atoms with van der Waals surface area (Å²) >= 11 is 3.46. The molecule has 3 aromatic carbocycles. The van der Waals surface area contributed by atoms with Crippen LogP contribution in [0.15, 0.2) is 101 Å². The molecule has 0 spiro atoms. The molecule has 1 heterocycles. The predicted octanol–water partition coefficient (Wildman–Crippen LogP) is 5.01. The fourth-order valence-corrected chi connectivity index (χ4v) is 5.92. The van der Waals surface area contributed by atoms with Crippen molar-refractivity contribution < 1.29 is 13.2 Å². The second kappa shape index (κ2) is 8.98. The Balaban J connectivity index is 1.49. The zero-order valence-corrected chi connectivity index (χ0v) is 21.3. The normalized spacial score (nSPS) is 19.2. The van der Waals surface area contributed by atoms with Gasteiger partial charge in [0.1, 0.15) is 11.4 Å². The van der Waals surface area contributed by atoms with E-state index in [1.165, 1.54) is 6.07 Å². The maximum absolute atomic E-state index is 13.1. The smallest absolute Gasteiger partial charge is 0.324 e. The van der Waals surface area contributed by atoms with Gasteiger partial charge in [0.2, 0.25) is 0 Å². The molecular formula is C26H23BrN4O3S. The molecule has 0 saturated heterocycles. The van der Waals surface area contributed by atoms with Crippen LogP contribution in [-0.2, 0) is 15.6 Å². The van der Waals surface area contributed by atoms with Crippen LogP contribution in [0, 0.1) is 6.92 Å². The van der Waals surface area contributed by atoms with E-state index in [4.69, 9.17) is 0 Å². The van der Waals surface area contributed by atoms with Gasteiger partial charge >= 0.3 is 6.03 Å². The number of nitrogens with one attached hydrogen (secondary N) is 2. The number of carbonyl (C=O) groups excluding carboxylic acids is 1. The van der Waals surface area contributed by atoms with Gasteiger partial charge in [0.25, 0.3) is 10.0 Å². The van der Waals surface area contributed by atoms with Crippen LogP contribution in [-0.4, -0.2) is 24.0 Å². The van der Waals surface area contributed by atoms with Gasteiger partial charge in [0, 0.05) is 28.5 Å². The van der Waals surface area contributed by atoms with Crippen LogP contribution in [0.4, 0.5) is 4.79 Å². The Labute approximate surface area is 212 Å². The highest BCUT2D eigenvalue weighted by Gasteiger charge is 2.60. The highest BCUT2D eigenvalue weighted by Crippen LogP contribution is 2.58. The number of imidazole rings is 1. The Bertz CT molecular complexity index is 1490. The van der Waals surface area contributed by atoms with E-state index in [0.29, 0.717) is 17.8 Å². The molecule has 5 rings (SSSR count). The first-order valence-corrected chi connectivity index (χ1v) is 13.3. The molecule has 178 valence electrons. The van der Waals surface area contributed by atoms with Crippen LogP contribution in [0.5, 0.6) is 0 Å². The lowest BCUT2D eigenvalue weighted by atomic mass is 10.1. The molecule has 1 aromatic heterocycles. The third-order valence-electron chi connectivity index (χ3n) is 6.25. The molecule has 1 saturated carbocycles. The molecule has 1 fully saturated rings. The van der Waals surface area contributed by atoms with Crippen LogP contribution in [0.3, 0.4) is 0 Å². The fourth-order valence-electron chi connectivity index (χ4n) is 4.50. The number of urea groups is 1. The van der Waals surface area contributed by atoms with Crippen LogP contribution in [0.25, 0.3) is 5.69 Å². The zero-order valence-electron chi connectivity index (χ0n) is 18.9. The first-order chi connectivity index (χ1) is 16.8. The van der Waals surface area contributed by atoms with Gasteiger partial charge in [-0.1, -0.05) is 64.5 Å². The number of hydrogen-bond donors (Lipinski definition) is 2. The third-order valence-corrected chi connectivity index (χ3v) is 8.27. The van der Waals surface area contributed by atoms with E-state index < -0.39 is 21.6 Å². The minimum Gasteiger partial charge on any atom is -0.324 e. The number of aryl methyl sites for hydroxylation is 1. The Morgan fingerprint density at radius 3 is 2.43 bits per heavy atom. The van der Waals surface area contributed by atoms with Crippen molar-refractivity contribution in [3.05, 3.63) is 113 Å². The SMILES string of the molecule is Cc1ccccc1S(=O)(=O)NC(=O)N[C@]1(c2nccn2-c2ccc(Br)cc2)CC1c1ccccc1. The van der Waals surface area contributed by atoms with Crippen molar-refractivity contribution in [1.29, 1.82) is 0 Å². The van der Waals surface area contributed by atoms with Crippen molar-refractivity contribution in [3.8, 4) is 5.69 Å². The number of hydrogen-bond acceptors (Lipinski definition) is 4. The van der Waals surface area contributed by atoms with Gasteiger partial charge in [0.15, 0.2) is 0 Å². The Morgan fingerprint density at radius 1 is 1.03 bits per heavy atom. The maximum Gasteiger partial charge on any atom is 0.329 e. The highest BCUT2D eigenvalue weighted by atomic mass is 79.9. The second-order valence-corrected chi connectivity index (χ2v) is 11.1. The summed E-state index contributed by atoms with van der Waals surface area (Å²) in [6, 6.07) is 23.4. The maximum atomic E-state index is 13.1. The van der Waals surface area contributed by atoms with Crippen molar-refractivity contribution >= 4 is 32.0 Å². The lowest BCUT2D eigenvalue weighted by Gasteiger charge is -2.22. The minimum atomic E-state index is -4.05. The lowest BCUT2D eigenvalue weighted by Crippen LogP contribution is -2.46. The van der Waals surface area contributed by atoms with E-state index >= 15 is 0 Å². The molecule has 0 bridgehead atoms. The molecular weight excluding hydrogens is 528 g/mol. The summed E-state index contributed by atoms with van der Waals surface area (Å²) in [6.45, 7) is 1.69. The summed E-state index contributed by atoms with van der Waals surface area (Å²) in [6.07, 6.45) is 4.11. The number of aromatic nitrogens is 2. The average Bonchev–Trinajstić information content (AvgIpc) is 3.32. The van der Waals surface area contributed by atoms with Gasteiger partial charge in [-0.25, -0.2) is 22.9 Å². The number of amides is 2. The molecule has 0 radical (unpaired) electrons. The number of rotatable bonds is 6. The Morgan fingerprint density at radius 2 is 1.71 bits per heavy atom. The summed E-state index contributed by atoms with van der Waals surface area (Å²) < 4.78 is 30.9. The number of sulfonamides is 1. The Hall–Kier alpha value is -3.43. The summed E-state index contributed by atoms with van der Waals surface area (Å²) in [7, 11) is -4.05. The van der Waals surface area contributed by atoms with Crippen LogP contribution in [0.1, 0.15) is 29.3 Å². The van der Waals surface area contributed by atoms with Crippen molar-refractivity contribution in [2.45, 2.75) is 29.7 Å². The number of carbonyl (C=O) groups is 1. The largest absolute Gasteiger partial charge is 0.329 e. The zero-order chi connectivity index (χ0) is 24.6. The van der Waals surface area contributed by atoms with Gasteiger partial charge in [-0.3, -0.25) is 0 Å². The summed E-state index contributed by atoms with van der Waals surface area (Å²) in [5.74, 6) is 0.573. The number of nitrogens with zero attached hydrogens (tertiary/aromatic N) is 2. The quantitative estimate of drug-likeness (QED) is 0.352. The first-order valence-electron chi connectivity index (χ1n) is 11.1. The monoisotopic (exact) mass is 550 g/mol. The molecule has 1 aliphatic carbocycles. The molecule has 35 heavy (non-hydrogen) atoms. The molecule has 1 aliphatic rings. The predicted molar refractivity (Wildman–Crippen MR) is 137 cm³/mol. The van der Waals surface area contributed by atoms with Crippen LogP contribution >= 0.6 is 15.9 Å². The second-order valence-electron chi connectivity index (χ2n) is 8.56. The van der Waals surface area contributed by atoms with Crippen molar-refractivity contribution in [3.63, 3.8) is 0 Å². The van der Waals surface area contributed by atoms with Crippen LogP contribution < -0.4 is 10.0 Å². The molecule has 4 aromatic rings. The van der Waals surface area contributed by atoms with Crippen molar-refractivity contribution in [1.82, 2.24) is 19.6 Å². The van der Waals surface area contributed by atoms with E-state index in [2.05, 4.69) is 31.0 Å². The number of halogens is 1. The molecule has 0 aliphatic heterocycles. The molecule has 9 heteroatoms. The summed E-state index contributed by atoms with van der Waals surface area (Å²) in [4.78, 5) is 17.8. The highest BCUT2D eigenvalue weighted by molar-refractivity contribution is 9.10. The van der Waals surface area contributed by atoms with Gasteiger partial charge in [-0.15, -0.1) is 0 Å². The van der Waals surface area contributed by atoms with Crippen molar-refractivity contribution in [2.24, 2.45) is 0 Å². The molecule has 2 amide bonds. The van der Waals surface area contributed by atoms with Gasteiger partial charge in [-0.05, 0) is 54.8 Å². The summed E-state index contributed by atoms with van der Waals surface area (Å²) in [5.41, 5.74) is 1.61. The first kappa shape index (κ1) is 23.3. The topological polar surface area (TPSA) is 93.1 Å². The fraction of sp³-hybridized carbons (Fsp3) is 0.154. The van der Waals surface area contributed by atoms with E-state index in [1.807, 2.05) is 65.4 Å². The molecule has 2 N–H and O–H groups in total. The van der Waals surface area contributed by atoms with Gasteiger partial charge in [0.05, 0.1) is 4.90 Å². The summed E-state index contributed by atoms with van der Waals surface area (Å²) in [5, 5.41) is 2.96. The van der Waals surface area contributed by atoms with Crippen molar-refractivity contribution in [2.75, 3.05) is 0 Å². The molecule has 2 atom stereocenters. The van der Waals surface area contributed by atoms with E-state index in [1.54, 1.807) is 31.3 Å². The lowest BCUT2D eigenvalue weighted by molar-refractivity contribution is 0.239. The minimum absolute atomic E-state index is 0.0628. The van der Waals surface area contributed by atoms with Gasteiger partial charge < -0.3 is 9.88 Å². The van der Waals surface area contributed by atoms with E-state index in [-0.39, 0.29) is 10.8 Å². The van der Waals surface area contributed by atoms with Crippen LogP contribution in [0.2, 0.25) is 0 Å².